The van der Waals surface area contributed by atoms with Crippen LogP contribution in [0.25, 0.3) is 0 Å². The van der Waals surface area contributed by atoms with Crippen LogP contribution in [0.2, 0.25) is 0 Å². The molecule has 0 bridgehead atoms. The van der Waals surface area contributed by atoms with E-state index in [9.17, 15) is 0 Å². The van der Waals surface area contributed by atoms with Gasteiger partial charge >= 0.3 is 0 Å². The molecule has 4 heteroatoms. The standard InChI is InChI=1S/C11H20N2OS/c1-8(2)10-6-13-11(15-10)7-12-9(3)4-5-14/h6,8-9,12,14H,4-5,7H2,1-3H3/t9-/m1/s1. The highest BCUT2D eigenvalue weighted by Gasteiger charge is 2.06. The molecule has 0 aromatic carbocycles. The van der Waals surface area contributed by atoms with Crippen molar-refractivity contribution in [2.45, 2.75) is 45.7 Å². The third-order valence-corrected chi connectivity index (χ3v) is 3.60. The summed E-state index contributed by atoms with van der Waals surface area (Å²) in [6.45, 7) is 7.48. The molecule has 1 atom stereocenters. The molecule has 0 unspecified atom stereocenters. The molecule has 0 amide bonds. The number of nitrogens with zero attached hydrogens (tertiary/aromatic N) is 1. The number of thiazole rings is 1. The van der Waals surface area contributed by atoms with Crippen molar-refractivity contribution >= 4 is 11.3 Å². The van der Waals surface area contributed by atoms with Crippen molar-refractivity contribution in [2.24, 2.45) is 0 Å². The molecule has 15 heavy (non-hydrogen) atoms. The summed E-state index contributed by atoms with van der Waals surface area (Å²) in [6, 6.07) is 0.349. The van der Waals surface area contributed by atoms with Crippen LogP contribution < -0.4 is 5.32 Å². The predicted octanol–water partition coefficient (Wildman–Crippen LogP) is 2.13. The predicted molar refractivity (Wildman–Crippen MR) is 64.2 cm³/mol. The van der Waals surface area contributed by atoms with Gasteiger partial charge in [0.25, 0.3) is 0 Å². The summed E-state index contributed by atoms with van der Waals surface area (Å²) < 4.78 is 0. The Labute approximate surface area is 95.6 Å². The maximum atomic E-state index is 8.76. The van der Waals surface area contributed by atoms with E-state index in [1.807, 2.05) is 6.20 Å². The summed E-state index contributed by atoms with van der Waals surface area (Å²) >= 11 is 1.76. The molecule has 86 valence electrons. The van der Waals surface area contributed by atoms with Gasteiger partial charge in [0.05, 0.1) is 0 Å². The van der Waals surface area contributed by atoms with E-state index in [1.54, 1.807) is 11.3 Å². The van der Waals surface area contributed by atoms with Gasteiger partial charge in [-0.1, -0.05) is 13.8 Å². The van der Waals surface area contributed by atoms with Crippen LogP contribution in [0.5, 0.6) is 0 Å². The van der Waals surface area contributed by atoms with Gasteiger partial charge in [0.2, 0.25) is 0 Å². The van der Waals surface area contributed by atoms with Gasteiger partial charge < -0.3 is 10.4 Å². The van der Waals surface area contributed by atoms with Crippen LogP contribution in [0.4, 0.5) is 0 Å². The van der Waals surface area contributed by atoms with Crippen molar-refractivity contribution in [2.75, 3.05) is 6.61 Å². The molecule has 0 fully saturated rings. The van der Waals surface area contributed by atoms with E-state index in [-0.39, 0.29) is 6.61 Å². The van der Waals surface area contributed by atoms with Gasteiger partial charge in [0.1, 0.15) is 5.01 Å². The second kappa shape index (κ2) is 6.20. The maximum absolute atomic E-state index is 8.76. The molecule has 1 aromatic heterocycles. The van der Waals surface area contributed by atoms with Crippen LogP contribution in [0.1, 0.15) is 43.0 Å². The first-order chi connectivity index (χ1) is 7.13. The monoisotopic (exact) mass is 228 g/mol. The van der Waals surface area contributed by atoms with Crippen molar-refractivity contribution in [3.05, 3.63) is 16.1 Å². The van der Waals surface area contributed by atoms with E-state index < -0.39 is 0 Å². The average Bonchev–Trinajstić information content (AvgIpc) is 2.63. The lowest BCUT2D eigenvalue weighted by molar-refractivity contribution is 0.268. The summed E-state index contributed by atoms with van der Waals surface area (Å²) in [6.07, 6.45) is 2.76. The zero-order valence-electron chi connectivity index (χ0n) is 9.66. The Bertz CT molecular complexity index is 286. The normalized spacial score (nSPS) is 13.4. The second-order valence-electron chi connectivity index (χ2n) is 4.11. The second-order valence-corrected chi connectivity index (χ2v) is 5.25. The zero-order chi connectivity index (χ0) is 11.3. The highest BCUT2D eigenvalue weighted by Crippen LogP contribution is 2.21. The number of hydrogen-bond donors (Lipinski definition) is 2. The summed E-state index contributed by atoms with van der Waals surface area (Å²) in [7, 11) is 0. The van der Waals surface area contributed by atoms with Gasteiger partial charge in [-0.2, -0.15) is 0 Å². The third kappa shape index (κ3) is 4.28. The first-order valence-electron chi connectivity index (χ1n) is 5.42. The van der Waals surface area contributed by atoms with Crippen LogP contribution in [0, 0.1) is 0 Å². The first kappa shape index (κ1) is 12.6. The molecule has 0 aliphatic heterocycles. The fourth-order valence-corrected chi connectivity index (χ4v) is 2.10. The minimum atomic E-state index is 0.239. The average molecular weight is 228 g/mol. The molecule has 0 saturated carbocycles. The Kier molecular flexibility index (Phi) is 5.22. The Balaban J connectivity index is 2.37. The van der Waals surface area contributed by atoms with Crippen LogP contribution in [-0.4, -0.2) is 22.7 Å². The Morgan fingerprint density at radius 1 is 1.47 bits per heavy atom. The summed E-state index contributed by atoms with van der Waals surface area (Å²) in [5, 5.41) is 13.2. The minimum absolute atomic E-state index is 0.239. The van der Waals surface area contributed by atoms with Gasteiger partial charge in [-0.25, -0.2) is 4.98 Å². The number of aliphatic hydroxyl groups excluding tert-OH is 1. The van der Waals surface area contributed by atoms with Crippen molar-refractivity contribution < 1.29 is 5.11 Å². The maximum Gasteiger partial charge on any atom is 0.107 e. The Morgan fingerprint density at radius 2 is 2.20 bits per heavy atom. The highest BCUT2D eigenvalue weighted by molar-refractivity contribution is 7.11. The summed E-state index contributed by atoms with van der Waals surface area (Å²) in [4.78, 5) is 5.70. The topological polar surface area (TPSA) is 45.2 Å². The molecule has 0 saturated heterocycles. The highest BCUT2D eigenvalue weighted by atomic mass is 32.1. The fourth-order valence-electron chi connectivity index (χ4n) is 1.23. The van der Waals surface area contributed by atoms with Crippen molar-refractivity contribution in [1.82, 2.24) is 10.3 Å². The smallest absolute Gasteiger partial charge is 0.107 e. The molecular formula is C11H20N2OS. The third-order valence-electron chi connectivity index (χ3n) is 2.30. The first-order valence-corrected chi connectivity index (χ1v) is 6.24. The number of aromatic nitrogens is 1. The molecule has 0 radical (unpaired) electrons. The van der Waals surface area contributed by atoms with E-state index in [0.29, 0.717) is 12.0 Å². The van der Waals surface area contributed by atoms with Gasteiger partial charge in [-0.15, -0.1) is 11.3 Å². The van der Waals surface area contributed by atoms with Crippen LogP contribution >= 0.6 is 11.3 Å². The number of rotatable bonds is 6. The van der Waals surface area contributed by atoms with Gasteiger partial charge in [0.15, 0.2) is 0 Å². The largest absolute Gasteiger partial charge is 0.396 e. The van der Waals surface area contributed by atoms with E-state index in [2.05, 4.69) is 31.1 Å². The number of hydrogen-bond acceptors (Lipinski definition) is 4. The Hall–Kier alpha value is -0.450. The summed E-state index contributed by atoms with van der Waals surface area (Å²) in [5.74, 6) is 0.561. The molecular weight excluding hydrogens is 208 g/mol. The fraction of sp³-hybridized carbons (Fsp3) is 0.727. The van der Waals surface area contributed by atoms with Crippen molar-refractivity contribution in [3.63, 3.8) is 0 Å². The van der Waals surface area contributed by atoms with E-state index in [1.165, 1.54) is 4.88 Å². The van der Waals surface area contributed by atoms with Crippen LogP contribution in [0.15, 0.2) is 6.20 Å². The van der Waals surface area contributed by atoms with E-state index in [4.69, 9.17) is 5.11 Å². The molecule has 0 spiro atoms. The molecule has 1 aromatic rings. The number of aliphatic hydroxyl groups is 1. The molecule has 3 nitrogen and oxygen atoms in total. The summed E-state index contributed by atoms with van der Waals surface area (Å²) in [5.41, 5.74) is 0. The van der Waals surface area contributed by atoms with Gasteiger partial charge in [-0.3, -0.25) is 0 Å². The lowest BCUT2D eigenvalue weighted by atomic mass is 10.2. The van der Waals surface area contributed by atoms with E-state index >= 15 is 0 Å². The van der Waals surface area contributed by atoms with Gasteiger partial charge in [0, 0.05) is 30.3 Å². The van der Waals surface area contributed by atoms with Crippen molar-refractivity contribution in [3.8, 4) is 0 Å². The lowest BCUT2D eigenvalue weighted by Gasteiger charge is -2.10. The zero-order valence-corrected chi connectivity index (χ0v) is 10.5. The quantitative estimate of drug-likeness (QED) is 0.784. The molecule has 1 heterocycles. The van der Waals surface area contributed by atoms with Crippen LogP contribution in [-0.2, 0) is 6.54 Å². The van der Waals surface area contributed by atoms with Crippen molar-refractivity contribution in [1.29, 1.82) is 0 Å². The molecule has 1 rings (SSSR count). The molecule has 0 aliphatic carbocycles. The minimum Gasteiger partial charge on any atom is -0.396 e. The lowest BCUT2D eigenvalue weighted by Crippen LogP contribution is -2.26. The van der Waals surface area contributed by atoms with Crippen LogP contribution in [0.3, 0.4) is 0 Å². The Morgan fingerprint density at radius 3 is 2.73 bits per heavy atom. The number of nitrogens with one attached hydrogen (secondary N) is 1. The molecule has 2 N–H and O–H groups in total. The molecule has 0 aliphatic rings. The van der Waals surface area contributed by atoms with E-state index in [0.717, 1.165) is 18.0 Å². The SMILES string of the molecule is CC(C)c1cnc(CN[C@H](C)CCO)s1. The van der Waals surface area contributed by atoms with Gasteiger partial charge in [-0.05, 0) is 19.3 Å².